The van der Waals surface area contributed by atoms with Gasteiger partial charge in [-0.25, -0.2) is 9.78 Å². The smallest absolute Gasteiger partial charge is 0.336 e. The van der Waals surface area contributed by atoms with Crippen LogP contribution in [-0.4, -0.2) is 20.6 Å². The molecule has 1 N–H and O–H groups in total. The number of carboxylic acids is 1. The third-order valence-electron chi connectivity index (χ3n) is 2.51. The molecule has 0 aliphatic heterocycles. The van der Waals surface area contributed by atoms with Crippen LogP contribution in [0.3, 0.4) is 0 Å². The monoisotopic (exact) mass is 294 g/mol. The highest BCUT2D eigenvalue weighted by molar-refractivity contribution is 9.10. The molecule has 2 aromatic rings. The number of benzene rings is 1. The first-order chi connectivity index (χ1) is 8.13. The minimum atomic E-state index is -0.952. The first-order valence-corrected chi connectivity index (χ1v) is 5.97. The van der Waals surface area contributed by atoms with Gasteiger partial charge in [-0.05, 0) is 25.1 Å². The van der Waals surface area contributed by atoms with Crippen LogP contribution in [-0.2, 0) is 6.54 Å². The van der Waals surface area contributed by atoms with Crippen molar-refractivity contribution in [3.63, 3.8) is 0 Å². The van der Waals surface area contributed by atoms with Gasteiger partial charge in [0.1, 0.15) is 5.82 Å². The molecule has 0 atom stereocenters. The maximum Gasteiger partial charge on any atom is 0.336 e. The van der Waals surface area contributed by atoms with E-state index in [0.29, 0.717) is 11.4 Å². The average Bonchev–Trinajstić information content (AvgIpc) is 2.76. The van der Waals surface area contributed by atoms with Crippen LogP contribution in [0.15, 0.2) is 35.1 Å². The summed E-state index contributed by atoms with van der Waals surface area (Å²) in [7, 11) is 0. The van der Waals surface area contributed by atoms with Gasteiger partial charge in [0, 0.05) is 29.0 Å². The summed E-state index contributed by atoms with van der Waals surface area (Å²) in [6.07, 6.45) is 3.51. The maximum absolute atomic E-state index is 11.2. The molecule has 0 spiro atoms. The van der Waals surface area contributed by atoms with E-state index < -0.39 is 5.97 Å². The lowest BCUT2D eigenvalue weighted by atomic mass is 10.1. The number of aryl methyl sites for hydroxylation is 1. The number of nitrogens with zero attached hydrogens (tertiary/aromatic N) is 2. The van der Waals surface area contributed by atoms with E-state index in [9.17, 15) is 9.90 Å². The van der Waals surface area contributed by atoms with Crippen LogP contribution in [0.4, 0.5) is 0 Å². The fourth-order valence-electron chi connectivity index (χ4n) is 1.70. The zero-order chi connectivity index (χ0) is 12.4. The van der Waals surface area contributed by atoms with Crippen LogP contribution in [0.2, 0.25) is 0 Å². The molecule has 1 heterocycles. The molecule has 0 unspecified atom stereocenters. The predicted molar refractivity (Wildman–Crippen MR) is 68.0 cm³/mol. The van der Waals surface area contributed by atoms with Crippen molar-refractivity contribution >= 4 is 21.9 Å². The number of carbonyl (C=O) groups is 1. The van der Waals surface area contributed by atoms with Crippen LogP contribution in [0.25, 0.3) is 11.4 Å². The van der Waals surface area contributed by atoms with E-state index >= 15 is 0 Å². The van der Waals surface area contributed by atoms with Gasteiger partial charge in [-0.1, -0.05) is 15.9 Å². The molecule has 0 aliphatic rings. The Kier molecular flexibility index (Phi) is 3.28. The Morgan fingerprint density at radius 2 is 2.29 bits per heavy atom. The lowest BCUT2D eigenvalue weighted by molar-refractivity contribution is 0.0697. The Labute approximate surface area is 107 Å². The quantitative estimate of drug-likeness (QED) is 0.947. The molecule has 0 fully saturated rings. The number of halogens is 1. The van der Waals surface area contributed by atoms with E-state index in [1.165, 1.54) is 0 Å². The molecule has 17 heavy (non-hydrogen) atoms. The SMILES string of the molecule is CCn1ccnc1-c1ccc(Br)cc1C(=O)O. The van der Waals surface area contributed by atoms with E-state index in [4.69, 9.17) is 0 Å². The summed E-state index contributed by atoms with van der Waals surface area (Å²) >= 11 is 3.27. The molecule has 1 aromatic carbocycles. The molecular weight excluding hydrogens is 284 g/mol. The second-order valence-electron chi connectivity index (χ2n) is 3.53. The van der Waals surface area contributed by atoms with Gasteiger partial charge < -0.3 is 9.67 Å². The first kappa shape index (κ1) is 11.9. The number of imidazole rings is 1. The van der Waals surface area contributed by atoms with Crippen LogP contribution >= 0.6 is 15.9 Å². The molecule has 0 saturated carbocycles. The predicted octanol–water partition coefficient (Wildman–Crippen LogP) is 3.03. The highest BCUT2D eigenvalue weighted by Gasteiger charge is 2.15. The standard InChI is InChI=1S/C12H11BrN2O2/c1-2-15-6-5-14-11(15)9-4-3-8(13)7-10(9)12(16)17/h3-7H,2H2,1H3,(H,16,17). The van der Waals surface area contributed by atoms with E-state index in [-0.39, 0.29) is 5.56 Å². The van der Waals surface area contributed by atoms with Crippen molar-refractivity contribution < 1.29 is 9.90 Å². The number of hydrogen-bond acceptors (Lipinski definition) is 2. The van der Waals surface area contributed by atoms with Gasteiger partial charge >= 0.3 is 5.97 Å². The van der Waals surface area contributed by atoms with Crippen LogP contribution in [0.5, 0.6) is 0 Å². The van der Waals surface area contributed by atoms with Gasteiger partial charge in [-0.2, -0.15) is 0 Å². The van der Waals surface area contributed by atoms with Crippen molar-refractivity contribution in [1.29, 1.82) is 0 Å². The first-order valence-electron chi connectivity index (χ1n) is 5.18. The number of carboxylic acid groups (broad SMARTS) is 1. The largest absolute Gasteiger partial charge is 0.478 e. The summed E-state index contributed by atoms with van der Waals surface area (Å²) in [5.74, 6) is -0.274. The van der Waals surface area contributed by atoms with Gasteiger partial charge in [0.05, 0.1) is 5.56 Å². The Morgan fingerprint density at radius 1 is 1.53 bits per heavy atom. The van der Waals surface area contributed by atoms with Crippen molar-refractivity contribution in [2.45, 2.75) is 13.5 Å². The molecule has 5 heteroatoms. The Morgan fingerprint density at radius 3 is 2.94 bits per heavy atom. The molecule has 2 rings (SSSR count). The van der Waals surface area contributed by atoms with E-state index in [2.05, 4.69) is 20.9 Å². The molecule has 0 bridgehead atoms. The zero-order valence-corrected chi connectivity index (χ0v) is 10.8. The molecular formula is C12H11BrN2O2. The van der Waals surface area contributed by atoms with Crippen LogP contribution in [0, 0.1) is 0 Å². The Hall–Kier alpha value is -1.62. The number of aromatic nitrogens is 2. The summed E-state index contributed by atoms with van der Waals surface area (Å²) in [4.78, 5) is 15.4. The number of hydrogen-bond donors (Lipinski definition) is 1. The van der Waals surface area contributed by atoms with Gasteiger partial charge in [0.2, 0.25) is 0 Å². The third-order valence-corrected chi connectivity index (χ3v) is 3.00. The van der Waals surface area contributed by atoms with Crippen LogP contribution in [0.1, 0.15) is 17.3 Å². The molecule has 1 aromatic heterocycles. The molecule has 0 saturated heterocycles. The van der Waals surface area contributed by atoms with E-state index in [1.54, 1.807) is 18.3 Å². The summed E-state index contributed by atoms with van der Waals surface area (Å²) in [6.45, 7) is 2.74. The second-order valence-corrected chi connectivity index (χ2v) is 4.45. The highest BCUT2D eigenvalue weighted by Crippen LogP contribution is 2.25. The molecule has 88 valence electrons. The van der Waals surface area contributed by atoms with Crippen molar-refractivity contribution in [3.8, 4) is 11.4 Å². The minimum Gasteiger partial charge on any atom is -0.478 e. The van der Waals surface area contributed by atoms with Crippen molar-refractivity contribution in [2.75, 3.05) is 0 Å². The van der Waals surface area contributed by atoms with Gasteiger partial charge in [0.25, 0.3) is 0 Å². The minimum absolute atomic E-state index is 0.250. The lowest BCUT2D eigenvalue weighted by Crippen LogP contribution is -2.03. The van der Waals surface area contributed by atoms with Gasteiger partial charge in [-0.3, -0.25) is 0 Å². The summed E-state index contributed by atoms with van der Waals surface area (Å²) in [5, 5.41) is 9.19. The van der Waals surface area contributed by atoms with Crippen LogP contribution < -0.4 is 0 Å². The molecule has 0 aliphatic carbocycles. The summed E-state index contributed by atoms with van der Waals surface area (Å²) in [6, 6.07) is 5.17. The van der Waals surface area contributed by atoms with Gasteiger partial charge in [0.15, 0.2) is 0 Å². The molecule has 0 amide bonds. The van der Waals surface area contributed by atoms with Crippen molar-refractivity contribution in [2.24, 2.45) is 0 Å². The van der Waals surface area contributed by atoms with Crippen molar-refractivity contribution in [3.05, 3.63) is 40.6 Å². The summed E-state index contributed by atoms with van der Waals surface area (Å²) in [5.41, 5.74) is 0.882. The number of aromatic carboxylic acids is 1. The zero-order valence-electron chi connectivity index (χ0n) is 9.22. The number of rotatable bonds is 3. The normalized spacial score (nSPS) is 10.5. The third kappa shape index (κ3) is 2.24. The molecule has 0 radical (unpaired) electrons. The lowest BCUT2D eigenvalue weighted by Gasteiger charge is -2.08. The second kappa shape index (κ2) is 4.71. The average molecular weight is 295 g/mol. The van der Waals surface area contributed by atoms with Crippen molar-refractivity contribution in [1.82, 2.24) is 9.55 Å². The maximum atomic E-state index is 11.2. The van der Waals surface area contributed by atoms with Gasteiger partial charge in [-0.15, -0.1) is 0 Å². The van der Waals surface area contributed by atoms with E-state index in [0.717, 1.165) is 11.0 Å². The van der Waals surface area contributed by atoms with E-state index in [1.807, 2.05) is 23.8 Å². The topological polar surface area (TPSA) is 55.1 Å². The fraction of sp³-hybridized carbons (Fsp3) is 0.167. The summed E-state index contributed by atoms with van der Waals surface area (Å²) < 4.78 is 2.66. The Bertz CT molecular complexity index is 563. The highest BCUT2D eigenvalue weighted by atomic mass is 79.9. The molecule has 4 nitrogen and oxygen atoms in total. The fourth-order valence-corrected chi connectivity index (χ4v) is 2.06. The Balaban J connectivity index is 2.63.